The van der Waals surface area contributed by atoms with Crippen LogP contribution < -0.4 is 5.32 Å². The summed E-state index contributed by atoms with van der Waals surface area (Å²) >= 11 is 0. The Morgan fingerprint density at radius 1 is 1.43 bits per heavy atom. The standard InChI is InChI=1S/C16H25N3O2/c1-12-4-5-15(10-16(12)19(20)21)13(2)17-11-14-6-8-18(3)9-7-14/h4-5,10,13-14,17H,6-9,11H2,1-3H3. The van der Waals surface area contributed by atoms with E-state index in [4.69, 9.17) is 0 Å². The predicted molar refractivity (Wildman–Crippen MR) is 84.5 cm³/mol. The van der Waals surface area contributed by atoms with Crippen molar-refractivity contribution in [1.82, 2.24) is 10.2 Å². The summed E-state index contributed by atoms with van der Waals surface area (Å²) in [5, 5.41) is 14.5. The molecule has 0 amide bonds. The molecule has 1 aromatic carbocycles. The molecule has 1 saturated heterocycles. The molecule has 5 heteroatoms. The SMILES string of the molecule is Cc1ccc(C(C)NCC2CCN(C)CC2)cc1[N+](=O)[O-]. The van der Waals surface area contributed by atoms with Gasteiger partial charge in [0.05, 0.1) is 4.92 Å². The van der Waals surface area contributed by atoms with E-state index in [1.165, 1.54) is 12.8 Å². The van der Waals surface area contributed by atoms with Crippen LogP contribution in [0.25, 0.3) is 0 Å². The second kappa shape index (κ2) is 7.00. The van der Waals surface area contributed by atoms with Gasteiger partial charge in [0, 0.05) is 17.7 Å². The monoisotopic (exact) mass is 291 g/mol. The maximum atomic E-state index is 11.0. The van der Waals surface area contributed by atoms with Gasteiger partial charge < -0.3 is 10.2 Å². The fraction of sp³-hybridized carbons (Fsp3) is 0.625. The van der Waals surface area contributed by atoms with Crippen LogP contribution in [0, 0.1) is 23.0 Å². The van der Waals surface area contributed by atoms with E-state index in [1.54, 1.807) is 13.0 Å². The van der Waals surface area contributed by atoms with Crippen molar-refractivity contribution in [3.63, 3.8) is 0 Å². The Kier molecular flexibility index (Phi) is 5.31. The van der Waals surface area contributed by atoms with Crippen molar-refractivity contribution in [3.05, 3.63) is 39.4 Å². The van der Waals surface area contributed by atoms with E-state index < -0.39 is 0 Å². The molecular weight excluding hydrogens is 266 g/mol. The Labute approximate surface area is 126 Å². The first-order valence-corrected chi connectivity index (χ1v) is 7.64. The quantitative estimate of drug-likeness (QED) is 0.669. The molecule has 1 atom stereocenters. The lowest BCUT2D eigenvalue weighted by Gasteiger charge is -2.30. The van der Waals surface area contributed by atoms with Crippen molar-refractivity contribution >= 4 is 5.69 Å². The Hall–Kier alpha value is -1.46. The molecule has 1 N–H and O–H groups in total. The number of piperidine rings is 1. The van der Waals surface area contributed by atoms with Gasteiger partial charge >= 0.3 is 0 Å². The van der Waals surface area contributed by atoms with Gasteiger partial charge in [-0.1, -0.05) is 12.1 Å². The Bertz CT molecular complexity index is 496. The molecule has 1 aliphatic rings. The molecule has 2 rings (SSSR count). The van der Waals surface area contributed by atoms with Gasteiger partial charge in [-0.05, 0) is 64.9 Å². The normalized spacial score (nSPS) is 18.6. The average molecular weight is 291 g/mol. The lowest BCUT2D eigenvalue weighted by molar-refractivity contribution is -0.385. The minimum atomic E-state index is -0.303. The first-order valence-electron chi connectivity index (χ1n) is 7.64. The van der Waals surface area contributed by atoms with Crippen LogP contribution >= 0.6 is 0 Å². The molecule has 1 heterocycles. The number of nitro benzene ring substituents is 1. The van der Waals surface area contributed by atoms with Gasteiger partial charge in [-0.2, -0.15) is 0 Å². The van der Waals surface area contributed by atoms with Crippen LogP contribution in [0.5, 0.6) is 0 Å². The second-order valence-electron chi connectivity index (χ2n) is 6.18. The van der Waals surface area contributed by atoms with Gasteiger partial charge in [0.15, 0.2) is 0 Å². The molecular formula is C16H25N3O2. The number of likely N-dealkylation sites (tertiary alicyclic amines) is 1. The van der Waals surface area contributed by atoms with Gasteiger partial charge in [0.1, 0.15) is 0 Å². The van der Waals surface area contributed by atoms with E-state index in [9.17, 15) is 10.1 Å². The van der Waals surface area contributed by atoms with Gasteiger partial charge in [-0.3, -0.25) is 10.1 Å². The summed E-state index contributed by atoms with van der Waals surface area (Å²) in [7, 11) is 2.16. The minimum Gasteiger partial charge on any atom is -0.310 e. The van der Waals surface area contributed by atoms with Crippen LogP contribution in [0.15, 0.2) is 18.2 Å². The van der Waals surface area contributed by atoms with E-state index in [0.29, 0.717) is 11.5 Å². The molecule has 0 spiro atoms. The summed E-state index contributed by atoms with van der Waals surface area (Å²) in [6, 6.07) is 5.65. The molecule has 1 aliphatic heterocycles. The second-order valence-corrected chi connectivity index (χ2v) is 6.18. The highest BCUT2D eigenvalue weighted by Crippen LogP contribution is 2.24. The summed E-state index contributed by atoms with van der Waals surface area (Å²) in [6.07, 6.45) is 2.45. The molecule has 116 valence electrons. The Balaban J connectivity index is 1.92. The third-order valence-corrected chi connectivity index (χ3v) is 4.48. The number of nitrogens with one attached hydrogen (secondary N) is 1. The van der Waals surface area contributed by atoms with Crippen molar-refractivity contribution in [3.8, 4) is 0 Å². The molecule has 1 aromatic rings. The Morgan fingerprint density at radius 2 is 2.10 bits per heavy atom. The third kappa shape index (κ3) is 4.25. The van der Waals surface area contributed by atoms with E-state index >= 15 is 0 Å². The number of benzene rings is 1. The lowest BCUT2D eigenvalue weighted by atomic mass is 9.96. The molecule has 21 heavy (non-hydrogen) atoms. The maximum absolute atomic E-state index is 11.0. The van der Waals surface area contributed by atoms with Crippen LogP contribution in [0.4, 0.5) is 5.69 Å². The van der Waals surface area contributed by atoms with Crippen LogP contribution in [-0.2, 0) is 0 Å². The first kappa shape index (κ1) is 15.9. The van der Waals surface area contributed by atoms with Crippen molar-refractivity contribution < 1.29 is 4.92 Å². The number of rotatable bonds is 5. The molecule has 0 aliphatic carbocycles. The fourth-order valence-electron chi connectivity index (χ4n) is 2.82. The molecule has 0 radical (unpaired) electrons. The zero-order valence-electron chi connectivity index (χ0n) is 13.1. The van der Waals surface area contributed by atoms with Crippen molar-refractivity contribution in [2.75, 3.05) is 26.7 Å². The van der Waals surface area contributed by atoms with Crippen LogP contribution in [0.2, 0.25) is 0 Å². The fourth-order valence-corrected chi connectivity index (χ4v) is 2.82. The average Bonchev–Trinajstić information content (AvgIpc) is 2.46. The van der Waals surface area contributed by atoms with Gasteiger partial charge in [-0.15, -0.1) is 0 Å². The summed E-state index contributed by atoms with van der Waals surface area (Å²) in [4.78, 5) is 13.1. The molecule has 0 aromatic heterocycles. The maximum Gasteiger partial charge on any atom is 0.272 e. The lowest BCUT2D eigenvalue weighted by Crippen LogP contribution is -2.35. The van der Waals surface area contributed by atoms with Crippen LogP contribution in [0.1, 0.15) is 36.9 Å². The van der Waals surface area contributed by atoms with E-state index in [1.807, 2.05) is 12.1 Å². The topological polar surface area (TPSA) is 58.4 Å². The smallest absolute Gasteiger partial charge is 0.272 e. The summed E-state index contributed by atoms with van der Waals surface area (Å²) in [5.74, 6) is 0.712. The van der Waals surface area contributed by atoms with E-state index in [0.717, 1.165) is 25.2 Å². The van der Waals surface area contributed by atoms with Crippen molar-refractivity contribution in [2.24, 2.45) is 5.92 Å². The van der Waals surface area contributed by atoms with Gasteiger partial charge in [-0.25, -0.2) is 0 Å². The predicted octanol–water partition coefficient (Wildman–Crippen LogP) is 2.90. The summed E-state index contributed by atoms with van der Waals surface area (Å²) < 4.78 is 0. The Morgan fingerprint density at radius 3 is 2.71 bits per heavy atom. The van der Waals surface area contributed by atoms with Gasteiger partial charge in [0.2, 0.25) is 0 Å². The third-order valence-electron chi connectivity index (χ3n) is 4.48. The van der Waals surface area contributed by atoms with Crippen molar-refractivity contribution in [2.45, 2.75) is 32.7 Å². The van der Waals surface area contributed by atoms with E-state index in [2.05, 4.69) is 24.2 Å². The highest BCUT2D eigenvalue weighted by atomic mass is 16.6. The number of hydrogen-bond donors (Lipinski definition) is 1. The number of nitro groups is 1. The molecule has 0 bridgehead atoms. The number of nitrogens with zero attached hydrogens (tertiary/aromatic N) is 2. The number of hydrogen-bond acceptors (Lipinski definition) is 4. The largest absolute Gasteiger partial charge is 0.310 e. The van der Waals surface area contributed by atoms with Gasteiger partial charge in [0.25, 0.3) is 5.69 Å². The number of aryl methyl sites for hydroxylation is 1. The zero-order valence-corrected chi connectivity index (χ0v) is 13.1. The first-order chi connectivity index (χ1) is 9.97. The highest BCUT2D eigenvalue weighted by Gasteiger charge is 2.18. The van der Waals surface area contributed by atoms with Crippen LogP contribution in [-0.4, -0.2) is 36.5 Å². The van der Waals surface area contributed by atoms with Crippen LogP contribution in [0.3, 0.4) is 0 Å². The van der Waals surface area contributed by atoms with Crippen molar-refractivity contribution in [1.29, 1.82) is 0 Å². The molecule has 1 fully saturated rings. The summed E-state index contributed by atoms with van der Waals surface area (Å²) in [6.45, 7) is 7.16. The molecule has 5 nitrogen and oxygen atoms in total. The summed E-state index contributed by atoms with van der Waals surface area (Å²) in [5.41, 5.74) is 1.91. The molecule has 0 saturated carbocycles. The molecule has 1 unspecified atom stereocenters. The van der Waals surface area contributed by atoms with E-state index in [-0.39, 0.29) is 16.7 Å². The highest BCUT2D eigenvalue weighted by molar-refractivity contribution is 5.43. The minimum absolute atomic E-state index is 0.143. The zero-order chi connectivity index (χ0) is 15.4.